The van der Waals surface area contributed by atoms with Crippen molar-refractivity contribution in [3.8, 4) is 0 Å². The van der Waals surface area contributed by atoms with Crippen molar-refractivity contribution >= 4 is 17.6 Å². The lowest BCUT2D eigenvalue weighted by molar-refractivity contribution is 0.248. The molecule has 0 aliphatic heterocycles. The molecule has 0 saturated heterocycles. The highest BCUT2D eigenvalue weighted by molar-refractivity contribution is 5.98. The molecule has 1 aromatic carbocycles. The number of anilines is 1. The smallest absolute Gasteiger partial charge is 0.321 e. The zero-order valence-corrected chi connectivity index (χ0v) is 9.84. The van der Waals surface area contributed by atoms with Gasteiger partial charge in [-0.1, -0.05) is 5.16 Å². The summed E-state index contributed by atoms with van der Waals surface area (Å²) in [6, 6.07) is 6.63. The van der Waals surface area contributed by atoms with E-state index in [0.29, 0.717) is 12.1 Å². The van der Waals surface area contributed by atoms with Crippen LogP contribution in [0, 0.1) is 0 Å². The van der Waals surface area contributed by atoms with Crippen molar-refractivity contribution in [2.45, 2.75) is 6.92 Å². The number of benzene rings is 1. The summed E-state index contributed by atoms with van der Waals surface area (Å²) in [5.41, 5.74) is 6.76. The lowest BCUT2D eigenvalue weighted by Gasteiger charge is -2.17. The number of nitrogens with two attached hydrogens (primary N) is 1. The third kappa shape index (κ3) is 3.10. The Morgan fingerprint density at radius 3 is 2.53 bits per heavy atom. The van der Waals surface area contributed by atoms with Gasteiger partial charge in [0, 0.05) is 24.8 Å². The van der Waals surface area contributed by atoms with Gasteiger partial charge in [0.15, 0.2) is 5.84 Å². The molecule has 0 saturated carbocycles. The fraction of sp³-hybridized carbons (Fsp3) is 0.273. The van der Waals surface area contributed by atoms with E-state index in [-0.39, 0.29) is 11.9 Å². The zero-order chi connectivity index (χ0) is 12.8. The van der Waals surface area contributed by atoms with Crippen LogP contribution in [-0.2, 0) is 0 Å². The van der Waals surface area contributed by atoms with Crippen molar-refractivity contribution in [2.24, 2.45) is 10.9 Å². The minimum atomic E-state index is -0.177. The van der Waals surface area contributed by atoms with Crippen LogP contribution in [0.5, 0.6) is 0 Å². The summed E-state index contributed by atoms with van der Waals surface area (Å²) in [6.07, 6.45) is 0. The number of hydrogen-bond acceptors (Lipinski definition) is 3. The minimum Gasteiger partial charge on any atom is -0.409 e. The van der Waals surface area contributed by atoms with E-state index in [2.05, 4.69) is 10.5 Å². The van der Waals surface area contributed by atoms with Crippen LogP contribution in [-0.4, -0.2) is 30.7 Å². The number of oxime groups is 1. The molecule has 0 aromatic heterocycles. The van der Waals surface area contributed by atoms with Crippen molar-refractivity contribution in [3.05, 3.63) is 29.8 Å². The Kier molecular flexibility index (Phi) is 4.33. The Hall–Kier alpha value is -2.24. The number of amidine groups is 1. The maximum Gasteiger partial charge on any atom is 0.321 e. The summed E-state index contributed by atoms with van der Waals surface area (Å²) in [7, 11) is 1.67. The molecule has 0 spiro atoms. The number of amides is 2. The fourth-order valence-corrected chi connectivity index (χ4v) is 1.30. The van der Waals surface area contributed by atoms with Gasteiger partial charge in [0.05, 0.1) is 0 Å². The van der Waals surface area contributed by atoms with Gasteiger partial charge in [-0.3, -0.25) is 4.90 Å². The van der Waals surface area contributed by atoms with Crippen LogP contribution < -0.4 is 16.0 Å². The molecule has 2 amide bonds. The minimum absolute atomic E-state index is 0.0391. The van der Waals surface area contributed by atoms with Gasteiger partial charge in [-0.25, -0.2) is 4.79 Å². The van der Waals surface area contributed by atoms with Gasteiger partial charge in [-0.2, -0.15) is 0 Å². The summed E-state index contributed by atoms with van der Waals surface area (Å²) in [5.74, 6) is 0.0391. The van der Waals surface area contributed by atoms with E-state index in [4.69, 9.17) is 10.9 Å². The third-order valence-corrected chi connectivity index (χ3v) is 2.29. The number of rotatable bonds is 3. The van der Waals surface area contributed by atoms with Crippen molar-refractivity contribution < 1.29 is 10.0 Å². The predicted molar refractivity (Wildman–Crippen MR) is 66.4 cm³/mol. The SMILES string of the molecule is CCNC(=O)N(C)c1ccc(C(N)=NO)cc1. The maximum absolute atomic E-state index is 11.5. The Morgan fingerprint density at radius 1 is 1.47 bits per heavy atom. The largest absolute Gasteiger partial charge is 0.409 e. The third-order valence-electron chi connectivity index (χ3n) is 2.29. The van der Waals surface area contributed by atoms with Gasteiger partial charge in [-0.05, 0) is 31.2 Å². The van der Waals surface area contributed by atoms with E-state index in [1.165, 1.54) is 4.90 Å². The summed E-state index contributed by atoms with van der Waals surface area (Å²) in [4.78, 5) is 13.0. The van der Waals surface area contributed by atoms with Crippen LogP contribution in [0.25, 0.3) is 0 Å². The van der Waals surface area contributed by atoms with Crippen LogP contribution in [0.1, 0.15) is 12.5 Å². The standard InChI is InChI=1S/C11H16N4O2/c1-3-13-11(16)15(2)9-6-4-8(5-7-9)10(12)14-17/h4-7,17H,3H2,1-2H3,(H2,12,14)(H,13,16). The average molecular weight is 236 g/mol. The van der Waals surface area contributed by atoms with Gasteiger partial charge >= 0.3 is 6.03 Å². The molecule has 92 valence electrons. The van der Waals surface area contributed by atoms with E-state index < -0.39 is 0 Å². The average Bonchev–Trinajstić information content (AvgIpc) is 2.37. The van der Waals surface area contributed by atoms with Crippen molar-refractivity contribution in [1.82, 2.24) is 5.32 Å². The Bertz CT molecular complexity index is 414. The summed E-state index contributed by atoms with van der Waals surface area (Å²) in [5, 5.41) is 14.1. The Balaban J connectivity index is 2.84. The van der Waals surface area contributed by atoms with Crippen molar-refractivity contribution in [1.29, 1.82) is 0 Å². The molecule has 1 rings (SSSR count). The van der Waals surface area contributed by atoms with Gasteiger partial charge < -0.3 is 16.3 Å². The second-order valence-electron chi connectivity index (χ2n) is 3.43. The van der Waals surface area contributed by atoms with E-state index in [9.17, 15) is 4.79 Å². The van der Waals surface area contributed by atoms with Crippen LogP contribution in [0.4, 0.5) is 10.5 Å². The van der Waals surface area contributed by atoms with E-state index in [0.717, 1.165) is 5.69 Å². The first-order chi connectivity index (χ1) is 8.10. The Labute approximate surface area is 99.7 Å². The molecule has 1 aromatic rings. The van der Waals surface area contributed by atoms with Gasteiger partial charge in [0.1, 0.15) is 0 Å². The summed E-state index contributed by atoms with van der Waals surface area (Å²) in [6.45, 7) is 2.43. The summed E-state index contributed by atoms with van der Waals surface area (Å²) >= 11 is 0. The Morgan fingerprint density at radius 2 is 2.06 bits per heavy atom. The van der Waals surface area contributed by atoms with E-state index in [1.54, 1.807) is 31.3 Å². The number of carbonyl (C=O) groups excluding carboxylic acids is 1. The molecular weight excluding hydrogens is 220 g/mol. The first-order valence-corrected chi connectivity index (χ1v) is 5.19. The van der Waals surface area contributed by atoms with Crippen LogP contribution in [0.3, 0.4) is 0 Å². The highest BCUT2D eigenvalue weighted by atomic mass is 16.4. The first kappa shape index (κ1) is 12.8. The molecule has 0 bridgehead atoms. The monoisotopic (exact) mass is 236 g/mol. The number of nitrogens with one attached hydrogen (secondary N) is 1. The zero-order valence-electron chi connectivity index (χ0n) is 9.84. The second kappa shape index (κ2) is 5.74. The van der Waals surface area contributed by atoms with E-state index >= 15 is 0 Å². The molecule has 0 unspecified atom stereocenters. The quantitative estimate of drug-likeness (QED) is 0.316. The number of nitrogens with zero attached hydrogens (tertiary/aromatic N) is 2. The molecule has 4 N–H and O–H groups in total. The van der Waals surface area contributed by atoms with E-state index in [1.807, 2.05) is 6.92 Å². The molecule has 0 fully saturated rings. The molecule has 0 aliphatic carbocycles. The van der Waals surface area contributed by atoms with Crippen LogP contribution in [0.2, 0.25) is 0 Å². The molecule has 0 atom stereocenters. The molecule has 17 heavy (non-hydrogen) atoms. The topological polar surface area (TPSA) is 91.0 Å². The van der Waals surface area contributed by atoms with Crippen LogP contribution in [0.15, 0.2) is 29.4 Å². The van der Waals surface area contributed by atoms with Crippen molar-refractivity contribution in [2.75, 3.05) is 18.5 Å². The molecule has 0 radical (unpaired) electrons. The first-order valence-electron chi connectivity index (χ1n) is 5.19. The predicted octanol–water partition coefficient (Wildman–Crippen LogP) is 0.947. The van der Waals surface area contributed by atoms with Crippen LogP contribution >= 0.6 is 0 Å². The lowest BCUT2D eigenvalue weighted by atomic mass is 10.2. The number of urea groups is 1. The number of hydrogen-bond donors (Lipinski definition) is 3. The lowest BCUT2D eigenvalue weighted by Crippen LogP contribution is -2.37. The number of carbonyl (C=O) groups is 1. The maximum atomic E-state index is 11.5. The fourth-order valence-electron chi connectivity index (χ4n) is 1.30. The summed E-state index contributed by atoms with van der Waals surface area (Å²) < 4.78 is 0. The molecule has 0 aliphatic rings. The highest BCUT2D eigenvalue weighted by Crippen LogP contribution is 2.13. The highest BCUT2D eigenvalue weighted by Gasteiger charge is 2.09. The van der Waals surface area contributed by atoms with Gasteiger partial charge in [-0.15, -0.1) is 0 Å². The second-order valence-corrected chi connectivity index (χ2v) is 3.43. The van der Waals surface area contributed by atoms with Gasteiger partial charge in [0.2, 0.25) is 0 Å². The molecular formula is C11H16N4O2. The van der Waals surface area contributed by atoms with Gasteiger partial charge in [0.25, 0.3) is 0 Å². The molecule has 6 heteroatoms. The van der Waals surface area contributed by atoms with Crippen molar-refractivity contribution in [3.63, 3.8) is 0 Å². The molecule has 6 nitrogen and oxygen atoms in total. The molecule has 0 heterocycles. The normalized spacial score (nSPS) is 11.1.